The molecule has 0 bridgehead atoms. The lowest BCUT2D eigenvalue weighted by Gasteiger charge is -2.21. The lowest BCUT2D eigenvalue weighted by atomic mass is 10.1. The summed E-state index contributed by atoms with van der Waals surface area (Å²) in [6, 6.07) is 1.14. The van der Waals surface area contributed by atoms with E-state index in [1.54, 1.807) is 0 Å². The van der Waals surface area contributed by atoms with Crippen LogP contribution >= 0.6 is 0 Å². The summed E-state index contributed by atoms with van der Waals surface area (Å²) in [6.07, 6.45) is 6.20. The smallest absolute Gasteiger partial charge is 0.0445 e. The molecule has 0 aromatic carbocycles. The molecule has 2 nitrogen and oxygen atoms in total. The highest BCUT2D eigenvalue weighted by Gasteiger charge is 2.24. The van der Waals surface area contributed by atoms with Gasteiger partial charge in [0.25, 0.3) is 0 Å². The van der Waals surface area contributed by atoms with E-state index < -0.39 is 0 Å². The Labute approximate surface area is 81.7 Å². The third-order valence-electron chi connectivity index (χ3n) is 2.87. The molecule has 0 heterocycles. The van der Waals surface area contributed by atoms with E-state index in [0.717, 1.165) is 18.8 Å². The fourth-order valence-electron chi connectivity index (χ4n) is 1.89. The van der Waals surface area contributed by atoms with Crippen molar-refractivity contribution in [3.05, 3.63) is 0 Å². The largest absolute Gasteiger partial charge is 0.396 e. The molecule has 2 N–H and O–H groups in total. The van der Waals surface area contributed by atoms with Gasteiger partial charge in [-0.3, -0.25) is 0 Å². The van der Waals surface area contributed by atoms with Gasteiger partial charge >= 0.3 is 0 Å². The highest BCUT2D eigenvalue weighted by Crippen LogP contribution is 2.33. The summed E-state index contributed by atoms with van der Waals surface area (Å²) in [5, 5.41) is 12.4. The van der Waals surface area contributed by atoms with Gasteiger partial charge in [0.1, 0.15) is 0 Å². The molecule has 0 aromatic rings. The van der Waals surface area contributed by atoms with Crippen LogP contribution in [0.25, 0.3) is 0 Å². The Morgan fingerprint density at radius 3 is 2.62 bits per heavy atom. The summed E-state index contributed by atoms with van der Waals surface area (Å²) >= 11 is 0. The average molecular weight is 185 g/mol. The maximum absolute atomic E-state index is 8.83. The number of aliphatic hydroxyl groups is 1. The number of rotatable bonds is 7. The van der Waals surface area contributed by atoms with Crippen LogP contribution in [-0.2, 0) is 0 Å². The highest BCUT2D eigenvalue weighted by atomic mass is 16.3. The van der Waals surface area contributed by atoms with Crippen molar-refractivity contribution < 1.29 is 5.11 Å². The maximum Gasteiger partial charge on any atom is 0.0445 e. The Morgan fingerprint density at radius 2 is 2.15 bits per heavy atom. The highest BCUT2D eigenvalue weighted by molar-refractivity contribution is 4.79. The molecule has 0 amide bonds. The molecule has 1 fully saturated rings. The molecule has 0 spiro atoms. The van der Waals surface area contributed by atoms with Crippen molar-refractivity contribution in [3.8, 4) is 0 Å². The number of aliphatic hydroxyl groups excluding tert-OH is 1. The monoisotopic (exact) mass is 185 g/mol. The summed E-state index contributed by atoms with van der Waals surface area (Å²) in [5.74, 6) is 0.995. The summed E-state index contributed by atoms with van der Waals surface area (Å²) < 4.78 is 0. The predicted molar refractivity (Wildman–Crippen MR) is 55.7 cm³/mol. The van der Waals surface area contributed by atoms with Crippen molar-refractivity contribution in [2.24, 2.45) is 5.92 Å². The van der Waals surface area contributed by atoms with Gasteiger partial charge in [-0.15, -0.1) is 0 Å². The first-order valence-corrected chi connectivity index (χ1v) is 5.63. The Morgan fingerprint density at radius 1 is 1.46 bits per heavy atom. The van der Waals surface area contributed by atoms with Gasteiger partial charge in [-0.1, -0.05) is 19.8 Å². The standard InChI is InChI=1S/C11H23NO/c1-3-11(6-7-13)12-9(2)8-10-4-5-10/h9-13H,3-8H2,1-2H3. The van der Waals surface area contributed by atoms with E-state index in [1.165, 1.54) is 19.3 Å². The van der Waals surface area contributed by atoms with E-state index in [0.29, 0.717) is 18.7 Å². The normalized spacial score (nSPS) is 21.5. The Kier molecular flexibility index (Phi) is 4.74. The molecule has 78 valence electrons. The molecule has 2 atom stereocenters. The van der Waals surface area contributed by atoms with Gasteiger partial charge in [0.15, 0.2) is 0 Å². The lowest BCUT2D eigenvalue weighted by Crippen LogP contribution is -2.37. The molecule has 13 heavy (non-hydrogen) atoms. The summed E-state index contributed by atoms with van der Waals surface area (Å²) in [6.45, 7) is 4.75. The molecule has 2 unspecified atom stereocenters. The molecular weight excluding hydrogens is 162 g/mol. The van der Waals surface area contributed by atoms with Crippen molar-refractivity contribution in [1.29, 1.82) is 0 Å². The average Bonchev–Trinajstić information content (AvgIpc) is 2.87. The van der Waals surface area contributed by atoms with Crippen molar-refractivity contribution in [2.45, 2.75) is 58.0 Å². The molecule has 1 rings (SSSR count). The van der Waals surface area contributed by atoms with E-state index >= 15 is 0 Å². The van der Waals surface area contributed by atoms with Crippen LogP contribution in [0.15, 0.2) is 0 Å². The molecular formula is C11H23NO. The predicted octanol–water partition coefficient (Wildman–Crippen LogP) is 1.93. The van der Waals surface area contributed by atoms with Gasteiger partial charge in [-0.05, 0) is 32.1 Å². The summed E-state index contributed by atoms with van der Waals surface area (Å²) in [4.78, 5) is 0. The van der Waals surface area contributed by atoms with E-state index in [1.807, 2.05) is 0 Å². The number of nitrogens with one attached hydrogen (secondary N) is 1. The third kappa shape index (κ3) is 4.63. The Bertz CT molecular complexity index is 134. The van der Waals surface area contributed by atoms with E-state index in [4.69, 9.17) is 5.11 Å². The number of hydrogen-bond acceptors (Lipinski definition) is 2. The van der Waals surface area contributed by atoms with Gasteiger partial charge in [0.2, 0.25) is 0 Å². The van der Waals surface area contributed by atoms with Crippen LogP contribution in [0.4, 0.5) is 0 Å². The second-order valence-electron chi connectivity index (χ2n) is 4.36. The molecule has 1 aliphatic rings. The van der Waals surface area contributed by atoms with E-state index in [9.17, 15) is 0 Å². The van der Waals surface area contributed by atoms with Crippen LogP contribution in [0.1, 0.15) is 46.0 Å². The molecule has 1 aliphatic carbocycles. The van der Waals surface area contributed by atoms with Crippen LogP contribution in [0.5, 0.6) is 0 Å². The molecule has 1 saturated carbocycles. The fraction of sp³-hybridized carbons (Fsp3) is 1.00. The van der Waals surface area contributed by atoms with Crippen molar-refractivity contribution in [2.75, 3.05) is 6.61 Å². The SMILES string of the molecule is CCC(CCO)NC(C)CC1CC1. The fourth-order valence-corrected chi connectivity index (χ4v) is 1.89. The lowest BCUT2D eigenvalue weighted by molar-refractivity contribution is 0.254. The zero-order valence-electron chi connectivity index (χ0n) is 8.92. The van der Waals surface area contributed by atoms with Crippen molar-refractivity contribution in [1.82, 2.24) is 5.32 Å². The van der Waals surface area contributed by atoms with Crippen molar-refractivity contribution in [3.63, 3.8) is 0 Å². The minimum atomic E-state index is 0.307. The van der Waals surface area contributed by atoms with Crippen LogP contribution in [0, 0.1) is 5.92 Å². The minimum Gasteiger partial charge on any atom is -0.396 e. The van der Waals surface area contributed by atoms with E-state index in [2.05, 4.69) is 19.2 Å². The van der Waals surface area contributed by atoms with Crippen LogP contribution in [-0.4, -0.2) is 23.8 Å². The first kappa shape index (κ1) is 11.0. The van der Waals surface area contributed by atoms with Crippen LogP contribution < -0.4 is 5.32 Å². The maximum atomic E-state index is 8.83. The Hall–Kier alpha value is -0.0800. The minimum absolute atomic E-state index is 0.307. The summed E-state index contributed by atoms with van der Waals surface area (Å²) in [5.41, 5.74) is 0. The first-order valence-electron chi connectivity index (χ1n) is 5.63. The summed E-state index contributed by atoms with van der Waals surface area (Å²) in [7, 11) is 0. The molecule has 0 aliphatic heterocycles. The third-order valence-corrected chi connectivity index (χ3v) is 2.87. The zero-order chi connectivity index (χ0) is 9.68. The first-order chi connectivity index (χ1) is 6.26. The molecule has 0 radical (unpaired) electrons. The molecule has 2 heteroatoms. The van der Waals surface area contributed by atoms with Crippen molar-refractivity contribution >= 4 is 0 Å². The van der Waals surface area contributed by atoms with Gasteiger partial charge in [0, 0.05) is 18.7 Å². The van der Waals surface area contributed by atoms with Gasteiger partial charge < -0.3 is 10.4 Å². The molecule has 0 aromatic heterocycles. The van der Waals surface area contributed by atoms with Gasteiger partial charge in [0.05, 0.1) is 0 Å². The topological polar surface area (TPSA) is 32.3 Å². The van der Waals surface area contributed by atoms with Gasteiger partial charge in [-0.25, -0.2) is 0 Å². The van der Waals surface area contributed by atoms with Crippen LogP contribution in [0.2, 0.25) is 0 Å². The van der Waals surface area contributed by atoms with E-state index in [-0.39, 0.29) is 0 Å². The van der Waals surface area contributed by atoms with Crippen LogP contribution in [0.3, 0.4) is 0 Å². The Balaban J connectivity index is 2.10. The molecule has 0 saturated heterocycles. The quantitative estimate of drug-likeness (QED) is 0.635. The zero-order valence-corrected chi connectivity index (χ0v) is 8.92. The second kappa shape index (κ2) is 5.61. The van der Waals surface area contributed by atoms with Gasteiger partial charge in [-0.2, -0.15) is 0 Å². The second-order valence-corrected chi connectivity index (χ2v) is 4.36. The number of hydrogen-bond donors (Lipinski definition) is 2.